The predicted octanol–water partition coefficient (Wildman–Crippen LogP) is 3.19. The van der Waals surface area contributed by atoms with Gasteiger partial charge < -0.3 is 24.4 Å². The number of benzene rings is 1. The molecule has 198 valence electrons. The molecule has 4 aliphatic heterocycles. The molecule has 1 unspecified atom stereocenters. The molecule has 8 nitrogen and oxygen atoms in total. The molecule has 4 heterocycles. The highest BCUT2D eigenvalue weighted by Gasteiger charge is 2.74. The van der Waals surface area contributed by atoms with Gasteiger partial charge in [0, 0.05) is 19.7 Å². The highest BCUT2D eigenvalue weighted by atomic mass is 35.5. The number of aliphatic hydroxyl groups is 1. The van der Waals surface area contributed by atoms with E-state index in [1.807, 2.05) is 31.2 Å². The molecule has 0 aromatic heterocycles. The van der Waals surface area contributed by atoms with Crippen LogP contribution in [0, 0.1) is 18.8 Å². The average molecular weight is 529 g/mol. The van der Waals surface area contributed by atoms with Gasteiger partial charge in [-0.2, -0.15) is 0 Å². The second kappa shape index (κ2) is 9.89. The fraction of sp³-hybridized carbons (Fsp3) is 0.536. The van der Waals surface area contributed by atoms with Crippen LogP contribution in [0.4, 0.5) is 5.69 Å². The lowest BCUT2D eigenvalue weighted by molar-refractivity contribution is -0.156. The lowest BCUT2D eigenvalue weighted by Crippen LogP contribution is -2.56. The Hall–Kier alpha value is -2.68. The second-order valence-corrected chi connectivity index (χ2v) is 10.9. The number of esters is 1. The number of ether oxygens (including phenoxy) is 2. The van der Waals surface area contributed by atoms with Gasteiger partial charge in [-0.3, -0.25) is 14.4 Å². The molecule has 2 fully saturated rings. The molecule has 0 aliphatic carbocycles. The van der Waals surface area contributed by atoms with E-state index in [1.54, 1.807) is 34.9 Å². The highest BCUT2D eigenvalue weighted by molar-refractivity contribution is 6.34. The third-order valence-corrected chi connectivity index (χ3v) is 8.38. The number of amides is 2. The third kappa shape index (κ3) is 4.10. The van der Waals surface area contributed by atoms with Crippen LogP contribution in [0.5, 0.6) is 0 Å². The van der Waals surface area contributed by atoms with Crippen molar-refractivity contribution >= 4 is 35.1 Å². The molecule has 2 amide bonds. The molecule has 0 radical (unpaired) electrons. The van der Waals surface area contributed by atoms with Crippen molar-refractivity contribution in [2.75, 3.05) is 31.2 Å². The maximum Gasteiger partial charge on any atom is 0.313 e. The lowest BCUT2D eigenvalue weighted by Gasteiger charge is -2.37. The minimum Gasteiger partial charge on any atom is -0.461 e. The van der Waals surface area contributed by atoms with Crippen molar-refractivity contribution in [1.82, 2.24) is 4.90 Å². The molecule has 1 aromatic rings. The molecule has 5 rings (SSSR count). The summed E-state index contributed by atoms with van der Waals surface area (Å²) in [4.78, 5) is 44.9. The maximum absolute atomic E-state index is 14.4. The minimum atomic E-state index is -1.32. The van der Waals surface area contributed by atoms with Crippen LogP contribution >= 0.6 is 11.6 Å². The van der Waals surface area contributed by atoms with Crippen molar-refractivity contribution in [3.8, 4) is 0 Å². The summed E-state index contributed by atoms with van der Waals surface area (Å²) in [6.45, 7) is 4.53. The van der Waals surface area contributed by atoms with Crippen LogP contribution in [0.15, 0.2) is 42.5 Å². The van der Waals surface area contributed by atoms with Crippen LogP contribution in [0.2, 0.25) is 5.02 Å². The zero-order valence-electron chi connectivity index (χ0n) is 21.2. The van der Waals surface area contributed by atoms with Gasteiger partial charge in [0.15, 0.2) is 0 Å². The zero-order chi connectivity index (χ0) is 26.4. The second-order valence-electron chi connectivity index (χ2n) is 10.5. The molecule has 9 heteroatoms. The zero-order valence-corrected chi connectivity index (χ0v) is 21.9. The molecule has 2 saturated heterocycles. The number of rotatable bonds is 7. The fourth-order valence-electron chi connectivity index (χ4n) is 6.51. The van der Waals surface area contributed by atoms with E-state index in [0.29, 0.717) is 30.1 Å². The van der Waals surface area contributed by atoms with Gasteiger partial charge in [-0.25, -0.2) is 0 Å². The number of hydrogen-bond donors (Lipinski definition) is 1. The van der Waals surface area contributed by atoms with E-state index >= 15 is 0 Å². The van der Waals surface area contributed by atoms with Crippen LogP contribution in [0.3, 0.4) is 0 Å². The number of cyclic esters (lactones) is 1. The van der Waals surface area contributed by atoms with Crippen LogP contribution in [-0.2, 0) is 23.9 Å². The summed E-state index contributed by atoms with van der Waals surface area (Å²) in [5.74, 6) is -2.81. The van der Waals surface area contributed by atoms with Gasteiger partial charge in [-0.1, -0.05) is 54.8 Å². The molecule has 5 atom stereocenters. The Labute approximate surface area is 221 Å². The number of fused-ring (bicyclic) bond motifs is 2. The lowest BCUT2D eigenvalue weighted by atomic mass is 9.75. The Kier molecular flexibility index (Phi) is 6.94. The average Bonchev–Trinajstić information content (AvgIpc) is 3.10. The fourth-order valence-corrected chi connectivity index (χ4v) is 6.83. The van der Waals surface area contributed by atoms with Gasteiger partial charge in [0.25, 0.3) is 5.91 Å². The third-order valence-electron chi connectivity index (χ3n) is 8.08. The van der Waals surface area contributed by atoms with Crippen molar-refractivity contribution in [2.24, 2.45) is 11.8 Å². The molecule has 1 N–H and O–H groups in total. The Morgan fingerprint density at radius 3 is 2.59 bits per heavy atom. The molecule has 1 spiro atoms. The van der Waals surface area contributed by atoms with E-state index < -0.39 is 35.0 Å². The van der Waals surface area contributed by atoms with Gasteiger partial charge in [0.2, 0.25) is 5.91 Å². The first-order valence-electron chi connectivity index (χ1n) is 13.0. The summed E-state index contributed by atoms with van der Waals surface area (Å²) in [7, 11) is 0. The largest absolute Gasteiger partial charge is 0.461 e. The van der Waals surface area contributed by atoms with E-state index in [-0.39, 0.29) is 31.6 Å². The molecule has 0 saturated carbocycles. The van der Waals surface area contributed by atoms with Crippen molar-refractivity contribution < 1.29 is 29.0 Å². The molecule has 4 aliphatic rings. The van der Waals surface area contributed by atoms with Crippen LogP contribution in [0.1, 0.15) is 38.2 Å². The summed E-state index contributed by atoms with van der Waals surface area (Å²) in [6.07, 6.45) is 10.2. The molecule has 37 heavy (non-hydrogen) atoms. The number of nitrogens with zero attached hydrogens (tertiary/aromatic N) is 2. The van der Waals surface area contributed by atoms with Crippen LogP contribution in [-0.4, -0.2) is 71.3 Å². The van der Waals surface area contributed by atoms with E-state index in [4.69, 9.17) is 26.2 Å². The summed E-state index contributed by atoms with van der Waals surface area (Å²) in [5.41, 5.74) is -0.951. The number of aryl methyl sites for hydroxylation is 1. The number of likely N-dealkylation sites (tertiary alicyclic amines) is 1. The maximum atomic E-state index is 14.4. The number of para-hydroxylation sites is 1. The van der Waals surface area contributed by atoms with Gasteiger partial charge in [0.1, 0.15) is 24.2 Å². The minimum absolute atomic E-state index is 0.120. The smallest absolute Gasteiger partial charge is 0.313 e. The van der Waals surface area contributed by atoms with Crippen LogP contribution in [0.25, 0.3) is 0 Å². The van der Waals surface area contributed by atoms with Crippen molar-refractivity contribution in [3.05, 3.63) is 53.1 Å². The normalized spacial score (nSPS) is 32.6. The van der Waals surface area contributed by atoms with E-state index in [0.717, 1.165) is 18.4 Å². The SMILES string of the molecule is Cc1cccc(Cl)c1N1CC=C[C@]23O[C@]4(C)C=CCOC(=O)[C@@H]4[C@H]2C(=O)N(CCCCCCO)C3C1=O. The van der Waals surface area contributed by atoms with Gasteiger partial charge in [-0.05, 0) is 44.4 Å². The standard InChI is InChI=1S/C28H33ClN2O6/c1-18-10-7-11-19(29)22(18)30-15-8-13-28-20(21-26(35)36-17-9-12-27(21,2)37-28)24(33)31(23(28)25(30)34)14-5-3-4-6-16-32/h7-13,20-21,23,32H,3-6,14-17H2,1-2H3/t20-,21-,23?,27+,28-/m0/s1. The Morgan fingerprint density at radius 1 is 1.05 bits per heavy atom. The highest BCUT2D eigenvalue weighted by Crippen LogP contribution is 2.57. The predicted molar refractivity (Wildman–Crippen MR) is 138 cm³/mol. The number of halogens is 1. The van der Waals surface area contributed by atoms with Crippen molar-refractivity contribution in [2.45, 2.75) is 56.8 Å². The first-order valence-corrected chi connectivity index (χ1v) is 13.3. The number of carbonyl (C=O) groups is 3. The molecular weight excluding hydrogens is 496 g/mol. The summed E-state index contributed by atoms with van der Waals surface area (Å²) in [6, 6.07) is 4.52. The van der Waals surface area contributed by atoms with Gasteiger partial charge in [-0.15, -0.1) is 0 Å². The van der Waals surface area contributed by atoms with E-state index in [9.17, 15) is 14.4 Å². The number of hydrogen-bond acceptors (Lipinski definition) is 6. The number of carbonyl (C=O) groups excluding carboxylic acids is 3. The molecular formula is C28H33ClN2O6. The Balaban J connectivity index is 1.59. The number of aliphatic hydroxyl groups excluding tert-OH is 1. The topological polar surface area (TPSA) is 96.4 Å². The van der Waals surface area contributed by atoms with Crippen LogP contribution < -0.4 is 4.90 Å². The molecule has 0 bridgehead atoms. The molecule has 1 aromatic carbocycles. The van der Waals surface area contributed by atoms with E-state index in [2.05, 4.69) is 0 Å². The number of anilines is 1. The summed E-state index contributed by atoms with van der Waals surface area (Å²) >= 11 is 6.57. The summed E-state index contributed by atoms with van der Waals surface area (Å²) < 4.78 is 12.1. The monoisotopic (exact) mass is 528 g/mol. The van der Waals surface area contributed by atoms with Gasteiger partial charge >= 0.3 is 5.97 Å². The Morgan fingerprint density at radius 2 is 1.84 bits per heavy atom. The summed E-state index contributed by atoms with van der Waals surface area (Å²) in [5, 5.41) is 9.56. The Bertz CT molecular complexity index is 1150. The van der Waals surface area contributed by atoms with E-state index in [1.165, 1.54) is 0 Å². The van der Waals surface area contributed by atoms with Gasteiger partial charge in [0.05, 0.1) is 22.2 Å². The number of unbranched alkanes of at least 4 members (excludes halogenated alkanes) is 3. The quantitative estimate of drug-likeness (QED) is 0.332. The first kappa shape index (κ1) is 25.9. The van der Waals surface area contributed by atoms with Crippen molar-refractivity contribution in [3.63, 3.8) is 0 Å². The first-order chi connectivity index (χ1) is 17.7. The van der Waals surface area contributed by atoms with Crippen molar-refractivity contribution in [1.29, 1.82) is 0 Å².